The van der Waals surface area contributed by atoms with E-state index in [1.54, 1.807) is 36.4 Å². The van der Waals surface area contributed by atoms with Gasteiger partial charge in [0.1, 0.15) is 18.8 Å². The van der Waals surface area contributed by atoms with Crippen molar-refractivity contribution in [1.29, 1.82) is 0 Å². The normalized spacial score (nSPS) is 24.2. The van der Waals surface area contributed by atoms with Gasteiger partial charge in [0.2, 0.25) is 0 Å². The SMILES string of the molecule is C=C1c2ccccc2C(=O)N1CCO[C@@H]1OC(COC(C)=O)[C@H](OC(C)=O)[C@H](OC(C)=O)C1N1C(=O)c2ccccc2C1=O. The highest BCUT2D eigenvalue weighted by Gasteiger charge is 2.57. The molecule has 13 heteroatoms. The van der Waals surface area contributed by atoms with Crippen molar-refractivity contribution in [1.82, 2.24) is 9.80 Å². The zero-order valence-electron chi connectivity index (χ0n) is 24.2. The molecule has 5 atom stereocenters. The summed E-state index contributed by atoms with van der Waals surface area (Å²) in [6.07, 6.45) is -5.58. The van der Waals surface area contributed by atoms with Crippen LogP contribution in [-0.2, 0) is 38.1 Å². The van der Waals surface area contributed by atoms with Crippen LogP contribution >= 0.6 is 0 Å². The molecule has 2 unspecified atom stereocenters. The highest BCUT2D eigenvalue weighted by atomic mass is 16.7. The van der Waals surface area contributed by atoms with E-state index in [2.05, 4.69) is 6.58 Å². The summed E-state index contributed by atoms with van der Waals surface area (Å²) in [4.78, 5) is 78.7. The lowest BCUT2D eigenvalue weighted by Gasteiger charge is -2.47. The second-order valence-electron chi connectivity index (χ2n) is 10.3. The van der Waals surface area contributed by atoms with Gasteiger partial charge in [-0.15, -0.1) is 0 Å². The third-order valence-corrected chi connectivity index (χ3v) is 7.43. The molecule has 2 aromatic carbocycles. The molecule has 0 aromatic heterocycles. The summed E-state index contributed by atoms with van der Waals surface area (Å²) >= 11 is 0. The summed E-state index contributed by atoms with van der Waals surface area (Å²) in [5, 5.41) is 0. The van der Waals surface area contributed by atoms with Gasteiger partial charge >= 0.3 is 17.9 Å². The van der Waals surface area contributed by atoms with Crippen LogP contribution in [0.5, 0.6) is 0 Å². The van der Waals surface area contributed by atoms with Gasteiger partial charge in [0.25, 0.3) is 17.7 Å². The van der Waals surface area contributed by atoms with Gasteiger partial charge in [-0.25, -0.2) is 0 Å². The third-order valence-electron chi connectivity index (χ3n) is 7.43. The van der Waals surface area contributed by atoms with E-state index in [0.717, 1.165) is 18.7 Å². The summed E-state index contributed by atoms with van der Waals surface area (Å²) in [6, 6.07) is 11.7. The molecule has 3 aliphatic rings. The minimum atomic E-state index is -1.48. The molecule has 0 bridgehead atoms. The van der Waals surface area contributed by atoms with Crippen molar-refractivity contribution in [3.8, 4) is 0 Å². The molecule has 1 fully saturated rings. The maximum absolute atomic E-state index is 13.6. The van der Waals surface area contributed by atoms with Gasteiger partial charge < -0.3 is 28.6 Å². The minimum absolute atomic E-state index is 0.0151. The highest BCUT2D eigenvalue weighted by Crippen LogP contribution is 2.36. The summed E-state index contributed by atoms with van der Waals surface area (Å²) in [6.45, 7) is 6.82. The number of esters is 3. The lowest BCUT2D eigenvalue weighted by Crippen LogP contribution is -2.67. The van der Waals surface area contributed by atoms with E-state index in [-0.39, 0.29) is 30.2 Å². The fraction of sp³-hybridized carbons (Fsp3) is 0.355. The molecular weight excluding hydrogens is 576 g/mol. The van der Waals surface area contributed by atoms with Crippen LogP contribution in [0, 0.1) is 0 Å². The second kappa shape index (κ2) is 12.4. The summed E-state index contributed by atoms with van der Waals surface area (Å²) in [7, 11) is 0. The first-order chi connectivity index (χ1) is 21.0. The predicted octanol–water partition coefficient (Wildman–Crippen LogP) is 1.95. The van der Waals surface area contributed by atoms with E-state index in [9.17, 15) is 28.8 Å². The third kappa shape index (κ3) is 5.71. The number of amides is 3. The Morgan fingerprint density at radius 3 is 1.82 bits per heavy atom. The van der Waals surface area contributed by atoms with Crippen LogP contribution in [0.1, 0.15) is 57.4 Å². The molecule has 3 aliphatic heterocycles. The van der Waals surface area contributed by atoms with Gasteiger partial charge in [0.05, 0.1) is 17.7 Å². The van der Waals surface area contributed by atoms with Crippen molar-refractivity contribution in [2.75, 3.05) is 19.8 Å². The lowest BCUT2D eigenvalue weighted by atomic mass is 9.94. The first kappa shape index (κ1) is 30.6. The van der Waals surface area contributed by atoms with Gasteiger partial charge in [0.15, 0.2) is 18.5 Å². The molecular formula is C31H30N2O11. The smallest absolute Gasteiger partial charge is 0.303 e. The van der Waals surface area contributed by atoms with Gasteiger partial charge in [-0.3, -0.25) is 33.7 Å². The van der Waals surface area contributed by atoms with Crippen LogP contribution in [0.2, 0.25) is 0 Å². The van der Waals surface area contributed by atoms with Crippen LogP contribution < -0.4 is 0 Å². The molecule has 0 aliphatic carbocycles. The first-order valence-electron chi connectivity index (χ1n) is 13.8. The number of ether oxygens (including phenoxy) is 5. The van der Waals surface area contributed by atoms with Crippen molar-refractivity contribution >= 4 is 41.3 Å². The molecule has 3 heterocycles. The fourth-order valence-corrected chi connectivity index (χ4v) is 5.60. The average Bonchev–Trinajstić information content (AvgIpc) is 3.37. The van der Waals surface area contributed by atoms with E-state index in [0.29, 0.717) is 16.8 Å². The van der Waals surface area contributed by atoms with Gasteiger partial charge in [-0.2, -0.15) is 0 Å². The summed E-state index contributed by atoms with van der Waals surface area (Å²) < 4.78 is 28.4. The summed E-state index contributed by atoms with van der Waals surface area (Å²) in [5.41, 5.74) is 1.85. The first-order valence-corrected chi connectivity index (χ1v) is 13.8. The molecule has 0 N–H and O–H groups in total. The van der Waals surface area contributed by atoms with Crippen LogP contribution in [0.3, 0.4) is 0 Å². The predicted molar refractivity (Wildman–Crippen MR) is 150 cm³/mol. The Morgan fingerprint density at radius 1 is 0.773 bits per heavy atom. The lowest BCUT2D eigenvalue weighted by molar-refractivity contribution is -0.285. The largest absolute Gasteiger partial charge is 0.463 e. The molecule has 5 rings (SSSR count). The number of rotatable bonds is 9. The van der Waals surface area contributed by atoms with Crippen LogP contribution in [-0.4, -0.2) is 95.8 Å². The molecule has 3 amide bonds. The van der Waals surface area contributed by atoms with Crippen molar-refractivity contribution in [2.24, 2.45) is 0 Å². The zero-order valence-corrected chi connectivity index (χ0v) is 24.2. The van der Waals surface area contributed by atoms with Crippen LogP contribution in [0.15, 0.2) is 55.1 Å². The number of fused-ring (bicyclic) bond motifs is 2. The standard InChI is InChI=1S/C31H30N2O11/c1-16-20-9-5-6-10-21(20)28(37)32(16)13-14-40-31-25(33-29(38)22-11-7-8-12-23(22)30(33)39)27(43-19(4)36)26(42-18(3)35)24(44-31)15-41-17(2)34/h5-12,24-27,31H,1,13-15H2,2-4H3/t24?,25?,26-,27+,31+/m0/s1. The van der Waals surface area contributed by atoms with E-state index in [1.807, 2.05) is 0 Å². The Hall–Kier alpha value is -4.88. The van der Waals surface area contributed by atoms with Crippen molar-refractivity contribution in [3.63, 3.8) is 0 Å². The molecule has 13 nitrogen and oxygen atoms in total. The second-order valence-corrected chi connectivity index (χ2v) is 10.3. The van der Waals surface area contributed by atoms with Gasteiger partial charge in [-0.05, 0) is 18.2 Å². The van der Waals surface area contributed by atoms with Crippen molar-refractivity contribution < 1.29 is 52.5 Å². The van der Waals surface area contributed by atoms with Crippen molar-refractivity contribution in [2.45, 2.75) is 51.4 Å². The Kier molecular flexibility index (Phi) is 8.61. The molecule has 230 valence electrons. The van der Waals surface area contributed by atoms with Gasteiger partial charge in [0, 0.05) is 44.1 Å². The number of hydrogen-bond acceptors (Lipinski definition) is 11. The average molecular weight is 607 g/mol. The molecule has 44 heavy (non-hydrogen) atoms. The maximum Gasteiger partial charge on any atom is 0.303 e. The fourth-order valence-electron chi connectivity index (χ4n) is 5.60. The molecule has 0 radical (unpaired) electrons. The highest BCUT2D eigenvalue weighted by molar-refractivity contribution is 6.21. The number of carbonyl (C=O) groups is 6. The number of carbonyl (C=O) groups excluding carboxylic acids is 6. The monoisotopic (exact) mass is 606 g/mol. The Balaban J connectivity index is 1.48. The number of hydrogen-bond donors (Lipinski definition) is 0. The Bertz CT molecular complexity index is 1480. The Morgan fingerprint density at radius 2 is 1.30 bits per heavy atom. The Labute approximate surface area is 252 Å². The molecule has 1 saturated heterocycles. The van der Waals surface area contributed by atoms with Gasteiger partial charge in [-0.1, -0.05) is 36.9 Å². The van der Waals surface area contributed by atoms with E-state index < -0.39 is 67.0 Å². The number of imide groups is 1. The van der Waals surface area contributed by atoms with Crippen LogP contribution in [0.4, 0.5) is 0 Å². The maximum atomic E-state index is 13.6. The number of nitrogens with zero attached hydrogens (tertiary/aromatic N) is 2. The molecule has 0 spiro atoms. The zero-order chi connectivity index (χ0) is 31.7. The van der Waals surface area contributed by atoms with Crippen molar-refractivity contribution in [3.05, 3.63) is 77.4 Å². The molecule has 2 aromatic rings. The minimum Gasteiger partial charge on any atom is -0.463 e. The van der Waals surface area contributed by atoms with E-state index in [4.69, 9.17) is 23.7 Å². The van der Waals surface area contributed by atoms with Crippen LogP contribution in [0.25, 0.3) is 5.70 Å². The topological polar surface area (TPSA) is 155 Å². The quantitative estimate of drug-likeness (QED) is 0.234. The van der Waals surface area contributed by atoms with E-state index in [1.165, 1.54) is 24.0 Å². The summed E-state index contributed by atoms with van der Waals surface area (Å²) in [5.74, 6) is -3.94. The number of benzene rings is 2. The van der Waals surface area contributed by atoms with E-state index >= 15 is 0 Å². The molecule has 0 saturated carbocycles.